The Morgan fingerprint density at radius 3 is 2.79 bits per heavy atom. The number of rotatable bonds is 5. The summed E-state index contributed by atoms with van der Waals surface area (Å²) < 4.78 is 10.5. The minimum atomic E-state index is -0.809. The zero-order valence-electron chi connectivity index (χ0n) is 15.0. The predicted molar refractivity (Wildman–Crippen MR) is 101 cm³/mol. The molecule has 0 unspecified atom stereocenters. The molecular weight excluding hydrogens is 382 g/mol. The van der Waals surface area contributed by atoms with Crippen molar-refractivity contribution in [3.05, 3.63) is 54.0 Å². The quantitative estimate of drug-likeness (QED) is 0.768. The number of carbonyl (C=O) groups is 3. The van der Waals surface area contributed by atoms with Crippen molar-refractivity contribution in [1.82, 2.24) is 4.90 Å². The molecule has 2 heterocycles. The molecule has 1 aliphatic heterocycles. The summed E-state index contributed by atoms with van der Waals surface area (Å²) in [7, 11) is 0. The Morgan fingerprint density at radius 2 is 2.11 bits per heavy atom. The Labute approximate surface area is 165 Å². The van der Waals surface area contributed by atoms with Crippen LogP contribution in [0.2, 0.25) is 0 Å². The van der Waals surface area contributed by atoms with Crippen molar-refractivity contribution in [3.8, 4) is 6.07 Å². The van der Waals surface area contributed by atoms with Gasteiger partial charge in [0.25, 0.3) is 5.91 Å². The molecular formula is C19H17N3O5S. The number of benzene rings is 1. The molecule has 1 aliphatic rings. The maximum Gasteiger partial charge on any atom is 0.330 e. The van der Waals surface area contributed by atoms with Crippen LogP contribution in [0, 0.1) is 11.3 Å². The number of hydrogen-bond donors (Lipinski definition) is 1. The van der Waals surface area contributed by atoms with Crippen molar-refractivity contribution in [2.24, 2.45) is 0 Å². The van der Waals surface area contributed by atoms with E-state index in [9.17, 15) is 14.4 Å². The average molecular weight is 399 g/mol. The van der Waals surface area contributed by atoms with Crippen LogP contribution in [0.5, 0.6) is 0 Å². The molecule has 0 spiro atoms. The molecule has 2 aromatic rings. The first-order valence-corrected chi connectivity index (χ1v) is 9.45. The maximum absolute atomic E-state index is 12.5. The molecule has 1 N–H and O–H groups in total. The van der Waals surface area contributed by atoms with Crippen LogP contribution in [-0.4, -0.2) is 41.1 Å². The van der Waals surface area contributed by atoms with E-state index in [4.69, 9.17) is 14.4 Å². The second kappa shape index (κ2) is 8.63. The summed E-state index contributed by atoms with van der Waals surface area (Å²) in [4.78, 5) is 38.0. The van der Waals surface area contributed by atoms with E-state index in [1.807, 2.05) is 6.07 Å². The molecule has 0 radical (unpaired) electrons. The lowest BCUT2D eigenvalue weighted by Gasteiger charge is -2.25. The van der Waals surface area contributed by atoms with Crippen LogP contribution in [0.3, 0.4) is 0 Å². The Morgan fingerprint density at radius 1 is 1.32 bits per heavy atom. The van der Waals surface area contributed by atoms with Gasteiger partial charge in [-0.1, -0.05) is 12.1 Å². The van der Waals surface area contributed by atoms with E-state index in [-0.39, 0.29) is 5.91 Å². The van der Waals surface area contributed by atoms with E-state index in [2.05, 4.69) is 5.32 Å². The third-order valence-corrected chi connectivity index (χ3v) is 5.37. The van der Waals surface area contributed by atoms with Crippen molar-refractivity contribution in [1.29, 1.82) is 5.26 Å². The minimum absolute atomic E-state index is 0.291. The highest BCUT2D eigenvalue weighted by Crippen LogP contribution is 2.41. The van der Waals surface area contributed by atoms with Crippen molar-refractivity contribution in [2.45, 2.75) is 18.3 Å². The van der Waals surface area contributed by atoms with Crippen molar-refractivity contribution in [2.75, 3.05) is 17.7 Å². The summed E-state index contributed by atoms with van der Waals surface area (Å²) >= 11 is 1.39. The second-order valence-corrected chi connectivity index (χ2v) is 7.07. The summed E-state index contributed by atoms with van der Waals surface area (Å²) in [6.07, 6.45) is 1.50. The number of para-hydroxylation sites is 1. The van der Waals surface area contributed by atoms with Crippen molar-refractivity contribution in [3.63, 3.8) is 0 Å². The van der Waals surface area contributed by atoms with Gasteiger partial charge in [0.15, 0.2) is 6.61 Å². The highest BCUT2D eigenvalue weighted by Gasteiger charge is 2.43. The average Bonchev–Trinajstić information content (AvgIpc) is 3.35. The van der Waals surface area contributed by atoms with Crippen LogP contribution in [0.1, 0.15) is 23.6 Å². The predicted octanol–water partition coefficient (Wildman–Crippen LogP) is 2.30. The third-order valence-electron chi connectivity index (χ3n) is 4.09. The molecule has 8 nitrogen and oxygen atoms in total. The second-order valence-electron chi connectivity index (χ2n) is 5.96. The number of nitriles is 1. The molecule has 3 rings (SSSR count). The molecule has 1 saturated heterocycles. The first-order chi connectivity index (χ1) is 13.5. The molecule has 0 aliphatic carbocycles. The maximum atomic E-state index is 12.5. The van der Waals surface area contributed by atoms with E-state index in [0.717, 1.165) is 0 Å². The first kappa shape index (κ1) is 19.5. The number of thioether (sulfide) groups is 1. The minimum Gasteiger partial charge on any atom is -0.466 e. The van der Waals surface area contributed by atoms with Gasteiger partial charge in [-0.3, -0.25) is 9.59 Å². The van der Waals surface area contributed by atoms with E-state index >= 15 is 0 Å². The number of carbonyl (C=O) groups excluding carboxylic acids is 3. The lowest BCUT2D eigenvalue weighted by Crippen LogP contribution is -2.43. The van der Waals surface area contributed by atoms with E-state index in [0.29, 0.717) is 22.8 Å². The molecule has 0 bridgehead atoms. The fourth-order valence-corrected chi connectivity index (χ4v) is 4.25. The van der Waals surface area contributed by atoms with Gasteiger partial charge >= 0.3 is 5.97 Å². The molecule has 1 fully saturated rings. The molecule has 144 valence electrons. The molecule has 9 heteroatoms. The van der Waals surface area contributed by atoms with E-state index in [1.54, 1.807) is 36.4 Å². The summed E-state index contributed by atoms with van der Waals surface area (Å²) in [6, 6.07) is 11.1. The van der Waals surface area contributed by atoms with Gasteiger partial charge in [-0.05, 0) is 24.3 Å². The molecule has 2 amide bonds. The van der Waals surface area contributed by atoms with Gasteiger partial charge in [-0.2, -0.15) is 5.26 Å². The normalized spacial score (nSPS) is 18.4. The summed E-state index contributed by atoms with van der Waals surface area (Å²) in [6.45, 7) is 0.852. The largest absolute Gasteiger partial charge is 0.466 e. The van der Waals surface area contributed by atoms with E-state index < -0.39 is 29.9 Å². The molecule has 2 atom stereocenters. The lowest BCUT2D eigenvalue weighted by molar-refractivity contribution is -0.155. The van der Waals surface area contributed by atoms with Crippen LogP contribution < -0.4 is 5.32 Å². The Hall–Kier alpha value is -3.25. The molecule has 1 aromatic carbocycles. The highest BCUT2D eigenvalue weighted by molar-refractivity contribution is 7.99. The SMILES string of the molecule is CC(=O)N1[C@@H](C(=O)OCC(=O)Nc2ccccc2C#N)CS[C@H]1c1ccco1. The molecule has 1 aromatic heterocycles. The van der Waals surface area contributed by atoms with Crippen LogP contribution in [0.4, 0.5) is 5.69 Å². The summed E-state index contributed by atoms with van der Waals surface area (Å²) in [5.74, 6) is -0.621. The van der Waals surface area contributed by atoms with Crippen molar-refractivity contribution < 1.29 is 23.5 Å². The zero-order chi connectivity index (χ0) is 20.1. The van der Waals surface area contributed by atoms with Gasteiger partial charge in [0, 0.05) is 12.7 Å². The Balaban J connectivity index is 1.60. The van der Waals surface area contributed by atoms with Gasteiger partial charge in [0.1, 0.15) is 23.2 Å². The molecule has 28 heavy (non-hydrogen) atoms. The van der Waals surface area contributed by atoms with Gasteiger partial charge in [0.2, 0.25) is 5.91 Å². The number of amides is 2. The highest BCUT2D eigenvalue weighted by atomic mass is 32.2. The third kappa shape index (κ3) is 4.18. The Bertz CT molecular complexity index is 922. The smallest absolute Gasteiger partial charge is 0.330 e. The fraction of sp³-hybridized carbons (Fsp3) is 0.263. The summed E-state index contributed by atoms with van der Waals surface area (Å²) in [5.41, 5.74) is 0.643. The van der Waals surface area contributed by atoms with Gasteiger partial charge in [0.05, 0.1) is 17.5 Å². The van der Waals surface area contributed by atoms with Crippen molar-refractivity contribution >= 4 is 35.2 Å². The number of hydrogen-bond acceptors (Lipinski definition) is 7. The fourth-order valence-electron chi connectivity index (χ4n) is 2.83. The number of nitrogens with one attached hydrogen (secondary N) is 1. The van der Waals surface area contributed by atoms with Gasteiger partial charge in [-0.15, -0.1) is 11.8 Å². The number of anilines is 1. The first-order valence-electron chi connectivity index (χ1n) is 8.40. The monoisotopic (exact) mass is 399 g/mol. The van der Waals surface area contributed by atoms with Crippen LogP contribution in [0.15, 0.2) is 47.1 Å². The number of esters is 1. The van der Waals surface area contributed by atoms with Crippen LogP contribution in [0.25, 0.3) is 0 Å². The topological polar surface area (TPSA) is 113 Å². The molecule has 0 saturated carbocycles. The number of nitrogens with zero attached hydrogens (tertiary/aromatic N) is 2. The zero-order valence-corrected chi connectivity index (χ0v) is 15.8. The van der Waals surface area contributed by atoms with Gasteiger partial charge in [-0.25, -0.2) is 4.79 Å². The lowest BCUT2D eigenvalue weighted by atomic mass is 10.2. The van der Waals surface area contributed by atoms with Gasteiger partial charge < -0.3 is 19.4 Å². The van der Waals surface area contributed by atoms with Crippen LogP contribution in [-0.2, 0) is 19.1 Å². The number of ether oxygens (including phenoxy) is 1. The van der Waals surface area contributed by atoms with E-state index in [1.165, 1.54) is 29.8 Å². The number of furan rings is 1. The Kier molecular flexibility index (Phi) is 6.01. The van der Waals surface area contributed by atoms with Crippen LogP contribution >= 0.6 is 11.8 Å². The standard InChI is InChI=1S/C19H17N3O5S/c1-12(23)22-15(11-28-18(22)16-7-4-8-26-16)19(25)27-10-17(24)21-14-6-3-2-5-13(14)9-20/h2-8,15,18H,10-11H2,1H3,(H,21,24)/t15-,18+/m1/s1. The summed E-state index contributed by atoms with van der Waals surface area (Å²) in [5, 5.41) is 11.2.